The number of nitrogens with two attached hydrogens (primary N) is 1. The Kier molecular flexibility index (Phi) is 4.32. The van der Waals surface area contributed by atoms with E-state index in [1.807, 2.05) is 19.1 Å². The van der Waals surface area contributed by atoms with Crippen molar-refractivity contribution in [2.45, 2.75) is 44.9 Å². The van der Waals surface area contributed by atoms with Crippen molar-refractivity contribution >= 4 is 11.7 Å². The number of fused-ring (bicyclic) bond motifs is 1. The molecule has 1 atom stereocenters. The summed E-state index contributed by atoms with van der Waals surface area (Å²) in [6.07, 6.45) is 2.00. The lowest BCUT2D eigenvalue weighted by molar-refractivity contribution is -0.123. The van der Waals surface area contributed by atoms with Gasteiger partial charge in [-0.3, -0.25) is 4.79 Å². The van der Waals surface area contributed by atoms with Crippen LogP contribution in [0.4, 0.5) is 5.82 Å². The van der Waals surface area contributed by atoms with Crippen molar-refractivity contribution in [2.24, 2.45) is 5.92 Å². The number of hydrogen-bond acceptors (Lipinski definition) is 5. The van der Waals surface area contributed by atoms with E-state index < -0.39 is 0 Å². The smallest absolute Gasteiger partial charge is 0.242 e. The zero-order chi connectivity index (χ0) is 18.3. The SMILES string of the molecule is Cc1cc(N)n(CC(=O)N[C@@H](c2ccc3c(c2)CCO3)C2CC(O)C2)n1. The quantitative estimate of drug-likeness (QED) is 0.750. The number of ether oxygens (including phenoxy) is 1. The average Bonchev–Trinajstić information content (AvgIpc) is 3.15. The van der Waals surface area contributed by atoms with Crippen LogP contribution < -0.4 is 15.8 Å². The highest BCUT2D eigenvalue weighted by molar-refractivity contribution is 5.76. The van der Waals surface area contributed by atoms with Gasteiger partial charge in [-0.2, -0.15) is 5.10 Å². The van der Waals surface area contributed by atoms with Gasteiger partial charge in [-0.05, 0) is 48.9 Å². The number of aliphatic hydroxyl groups excluding tert-OH is 1. The molecule has 0 unspecified atom stereocenters. The van der Waals surface area contributed by atoms with Gasteiger partial charge in [0, 0.05) is 12.5 Å². The first kappa shape index (κ1) is 16.9. The van der Waals surface area contributed by atoms with Crippen molar-refractivity contribution in [3.05, 3.63) is 41.1 Å². The van der Waals surface area contributed by atoms with Crippen LogP contribution in [0.15, 0.2) is 24.3 Å². The van der Waals surface area contributed by atoms with E-state index in [4.69, 9.17) is 10.5 Å². The fraction of sp³-hybridized carbons (Fsp3) is 0.474. The lowest BCUT2D eigenvalue weighted by Gasteiger charge is -2.38. The summed E-state index contributed by atoms with van der Waals surface area (Å²) in [5, 5.41) is 17.1. The van der Waals surface area contributed by atoms with E-state index in [9.17, 15) is 9.90 Å². The molecule has 7 nitrogen and oxygen atoms in total. The minimum atomic E-state index is -0.276. The summed E-state index contributed by atoms with van der Waals surface area (Å²) in [4.78, 5) is 12.6. The molecule has 0 bridgehead atoms. The number of carbonyl (C=O) groups is 1. The summed E-state index contributed by atoms with van der Waals surface area (Å²) in [7, 11) is 0. The molecular formula is C19H24N4O3. The third-order valence-electron chi connectivity index (χ3n) is 5.24. The van der Waals surface area contributed by atoms with E-state index in [0.29, 0.717) is 25.3 Å². The van der Waals surface area contributed by atoms with Gasteiger partial charge in [-0.15, -0.1) is 0 Å². The van der Waals surface area contributed by atoms with E-state index in [-0.39, 0.29) is 30.5 Å². The number of nitrogens with one attached hydrogen (secondary N) is 1. The van der Waals surface area contributed by atoms with Crippen molar-refractivity contribution in [3.8, 4) is 5.75 Å². The number of nitrogens with zero attached hydrogens (tertiary/aromatic N) is 2. The van der Waals surface area contributed by atoms with E-state index in [1.165, 1.54) is 10.2 Å². The van der Waals surface area contributed by atoms with Crippen molar-refractivity contribution in [1.29, 1.82) is 0 Å². The summed E-state index contributed by atoms with van der Waals surface area (Å²) >= 11 is 0. The lowest BCUT2D eigenvalue weighted by Crippen LogP contribution is -2.42. The number of hydrogen-bond donors (Lipinski definition) is 3. The van der Waals surface area contributed by atoms with Crippen molar-refractivity contribution in [2.75, 3.05) is 12.3 Å². The molecule has 2 aliphatic rings. The Morgan fingerprint density at radius 3 is 2.96 bits per heavy atom. The normalized spacial score (nSPS) is 22.2. The number of carbonyl (C=O) groups excluding carboxylic acids is 1. The van der Waals surface area contributed by atoms with Crippen LogP contribution in [0.2, 0.25) is 0 Å². The summed E-state index contributed by atoms with van der Waals surface area (Å²) in [6.45, 7) is 2.63. The first-order valence-corrected chi connectivity index (χ1v) is 9.02. The summed E-state index contributed by atoms with van der Waals surface area (Å²) in [5.41, 5.74) is 8.90. The molecule has 1 aliphatic heterocycles. The summed E-state index contributed by atoms with van der Waals surface area (Å²) < 4.78 is 7.08. The van der Waals surface area contributed by atoms with Gasteiger partial charge in [-0.1, -0.05) is 6.07 Å². The molecule has 0 saturated heterocycles. The lowest BCUT2D eigenvalue weighted by atomic mass is 9.75. The molecule has 1 aromatic heterocycles. The molecule has 0 radical (unpaired) electrons. The number of aromatic nitrogens is 2. The molecule has 26 heavy (non-hydrogen) atoms. The van der Waals surface area contributed by atoms with Crippen LogP contribution in [0, 0.1) is 12.8 Å². The number of aryl methyl sites for hydroxylation is 1. The average molecular weight is 356 g/mol. The van der Waals surface area contributed by atoms with Gasteiger partial charge < -0.3 is 20.9 Å². The first-order chi connectivity index (χ1) is 12.5. The molecule has 1 saturated carbocycles. The predicted octanol–water partition coefficient (Wildman–Crippen LogP) is 1.34. The maximum absolute atomic E-state index is 12.6. The Bertz CT molecular complexity index is 826. The number of rotatable bonds is 5. The highest BCUT2D eigenvalue weighted by atomic mass is 16.5. The van der Waals surface area contributed by atoms with Gasteiger partial charge in [0.15, 0.2) is 0 Å². The van der Waals surface area contributed by atoms with Gasteiger partial charge in [0.25, 0.3) is 0 Å². The molecule has 138 valence electrons. The van der Waals surface area contributed by atoms with Gasteiger partial charge in [0.2, 0.25) is 5.91 Å². The van der Waals surface area contributed by atoms with Gasteiger partial charge in [-0.25, -0.2) is 4.68 Å². The Balaban J connectivity index is 1.52. The maximum Gasteiger partial charge on any atom is 0.242 e. The number of aliphatic hydroxyl groups is 1. The highest BCUT2D eigenvalue weighted by Crippen LogP contribution is 2.39. The van der Waals surface area contributed by atoms with Crippen molar-refractivity contribution in [1.82, 2.24) is 15.1 Å². The fourth-order valence-electron chi connectivity index (χ4n) is 3.82. The second kappa shape index (κ2) is 6.64. The number of anilines is 1. The van der Waals surface area contributed by atoms with Crippen LogP contribution in [0.5, 0.6) is 5.75 Å². The number of amides is 1. The molecule has 2 aromatic rings. The van der Waals surface area contributed by atoms with Gasteiger partial charge in [0.1, 0.15) is 18.1 Å². The Morgan fingerprint density at radius 2 is 2.27 bits per heavy atom. The van der Waals surface area contributed by atoms with Crippen LogP contribution in [0.3, 0.4) is 0 Å². The molecule has 4 rings (SSSR count). The van der Waals surface area contributed by atoms with Gasteiger partial charge >= 0.3 is 0 Å². The van der Waals surface area contributed by atoms with E-state index in [1.54, 1.807) is 6.07 Å². The Labute approximate surface area is 152 Å². The highest BCUT2D eigenvalue weighted by Gasteiger charge is 2.36. The molecule has 0 spiro atoms. The van der Waals surface area contributed by atoms with Crippen LogP contribution in [0.25, 0.3) is 0 Å². The first-order valence-electron chi connectivity index (χ1n) is 9.02. The topological polar surface area (TPSA) is 102 Å². The summed E-state index contributed by atoms with van der Waals surface area (Å²) in [6, 6.07) is 7.71. The summed E-state index contributed by atoms with van der Waals surface area (Å²) in [5.74, 6) is 1.49. The van der Waals surface area contributed by atoms with Crippen LogP contribution in [-0.2, 0) is 17.8 Å². The zero-order valence-electron chi connectivity index (χ0n) is 14.8. The molecule has 1 amide bonds. The second-order valence-electron chi connectivity index (χ2n) is 7.26. The standard InChI is InChI=1S/C19H24N4O3/c1-11-6-17(20)23(22-11)10-18(25)21-19(14-8-15(24)9-14)13-2-3-16-12(7-13)4-5-26-16/h2-3,6-7,14-15,19,24H,4-5,8-10,20H2,1H3,(H,21,25)/t14?,15?,19-/m0/s1. The number of nitrogen functional groups attached to an aromatic ring is 1. The predicted molar refractivity (Wildman–Crippen MR) is 96.6 cm³/mol. The van der Waals surface area contributed by atoms with E-state index >= 15 is 0 Å². The zero-order valence-corrected chi connectivity index (χ0v) is 14.8. The molecule has 2 heterocycles. The maximum atomic E-state index is 12.6. The molecule has 4 N–H and O–H groups in total. The Hall–Kier alpha value is -2.54. The molecular weight excluding hydrogens is 332 g/mol. The molecule has 1 aromatic carbocycles. The third-order valence-corrected chi connectivity index (χ3v) is 5.24. The van der Waals surface area contributed by atoms with E-state index in [2.05, 4.69) is 16.5 Å². The fourth-order valence-corrected chi connectivity index (χ4v) is 3.82. The van der Waals surface area contributed by atoms with Crippen LogP contribution in [0.1, 0.15) is 35.7 Å². The monoisotopic (exact) mass is 356 g/mol. The van der Waals surface area contributed by atoms with E-state index in [0.717, 1.165) is 23.4 Å². The second-order valence-corrected chi connectivity index (χ2v) is 7.26. The third kappa shape index (κ3) is 3.26. The Morgan fingerprint density at radius 1 is 1.46 bits per heavy atom. The van der Waals surface area contributed by atoms with Crippen molar-refractivity contribution < 1.29 is 14.6 Å². The molecule has 1 aliphatic carbocycles. The largest absolute Gasteiger partial charge is 0.493 e. The minimum absolute atomic E-state index is 0.0828. The van der Waals surface area contributed by atoms with Crippen LogP contribution >= 0.6 is 0 Å². The molecule has 7 heteroatoms. The van der Waals surface area contributed by atoms with Crippen molar-refractivity contribution in [3.63, 3.8) is 0 Å². The number of benzene rings is 1. The van der Waals surface area contributed by atoms with Crippen LogP contribution in [-0.4, -0.2) is 33.5 Å². The minimum Gasteiger partial charge on any atom is -0.493 e. The van der Waals surface area contributed by atoms with Gasteiger partial charge in [0.05, 0.1) is 24.4 Å². The molecule has 1 fully saturated rings.